The number of halogens is 1. The average molecular weight is 468 g/mol. The van der Waals surface area contributed by atoms with E-state index in [-0.39, 0.29) is 11.7 Å². The van der Waals surface area contributed by atoms with Crippen LogP contribution in [-0.4, -0.2) is 22.9 Å². The van der Waals surface area contributed by atoms with Crippen LogP contribution in [0.15, 0.2) is 74.9 Å². The van der Waals surface area contributed by atoms with Gasteiger partial charge < -0.3 is 4.42 Å². The van der Waals surface area contributed by atoms with Gasteiger partial charge in [0.1, 0.15) is 5.76 Å². The average Bonchev–Trinajstić information content (AvgIpc) is 3.37. The Morgan fingerprint density at radius 3 is 2.59 bits per heavy atom. The van der Waals surface area contributed by atoms with Crippen molar-refractivity contribution in [2.24, 2.45) is 5.10 Å². The molecule has 0 N–H and O–H groups in total. The van der Waals surface area contributed by atoms with Crippen molar-refractivity contribution in [3.8, 4) is 0 Å². The van der Waals surface area contributed by atoms with Gasteiger partial charge in [0, 0.05) is 15.6 Å². The van der Waals surface area contributed by atoms with Crippen molar-refractivity contribution in [2.45, 2.75) is 6.92 Å². The molecule has 0 aliphatic rings. The third-order valence-corrected chi connectivity index (χ3v) is 5.58. The summed E-state index contributed by atoms with van der Waals surface area (Å²) >= 11 is 4.80. The van der Waals surface area contributed by atoms with Crippen LogP contribution in [0.2, 0.25) is 0 Å². The van der Waals surface area contributed by atoms with Crippen molar-refractivity contribution in [2.75, 3.05) is 5.01 Å². The largest absolute Gasteiger partial charge is 0.463 e. The molecule has 8 heteroatoms. The lowest BCUT2D eigenvalue weighted by Gasteiger charge is -2.13. The van der Waals surface area contributed by atoms with Crippen LogP contribution in [0.5, 0.6) is 0 Å². The highest BCUT2D eigenvalue weighted by Gasteiger charge is 2.21. The first-order valence-corrected chi connectivity index (χ1v) is 10.2. The van der Waals surface area contributed by atoms with Crippen LogP contribution >= 0.6 is 27.3 Å². The third-order valence-electron chi connectivity index (χ3n) is 4.09. The first-order valence-electron chi connectivity index (χ1n) is 8.60. The molecule has 2 heterocycles. The number of hydrazone groups is 1. The van der Waals surface area contributed by atoms with Gasteiger partial charge in [0.05, 0.1) is 22.7 Å². The third kappa shape index (κ3) is 4.18. The van der Waals surface area contributed by atoms with Crippen LogP contribution < -0.4 is 5.01 Å². The summed E-state index contributed by atoms with van der Waals surface area (Å²) in [6, 6.07) is 15.7. The second-order valence-corrected chi connectivity index (χ2v) is 8.04. The summed E-state index contributed by atoms with van der Waals surface area (Å²) in [5.41, 5.74) is 1.70. The van der Waals surface area contributed by atoms with Crippen LogP contribution in [0.25, 0.3) is 10.2 Å². The van der Waals surface area contributed by atoms with E-state index < -0.39 is 0 Å². The van der Waals surface area contributed by atoms with Gasteiger partial charge in [-0.15, -0.1) is 0 Å². The number of rotatable bonds is 5. The lowest BCUT2D eigenvalue weighted by Crippen LogP contribution is -2.25. The molecule has 4 rings (SSSR count). The Kier molecular flexibility index (Phi) is 5.37. The molecule has 2 aromatic heterocycles. The van der Waals surface area contributed by atoms with Gasteiger partial charge in [0.2, 0.25) is 5.13 Å². The Bertz CT molecular complexity index is 1210. The molecule has 0 unspecified atom stereocenters. The molecule has 0 saturated heterocycles. The van der Waals surface area contributed by atoms with Gasteiger partial charge in [-0.2, -0.15) is 10.1 Å². The summed E-state index contributed by atoms with van der Waals surface area (Å²) in [5, 5.41) is 5.99. The fourth-order valence-corrected chi connectivity index (χ4v) is 4.09. The summed E-state index contributed by atoms with van der Waals surface area (Å²) < 4.78 is 7.13. The minimum absolute atomic E-state index is 0.0616. The van der Waals surface area contributed by atoms with E-state index in [1.807, 2.05) is 18.2 Å². The summed E-state index contributed by atoms with van der Waals surface area (Å²) in [6.07, 6.45) is 2.99. The number of hydrogen-bond donors (Lipinski definition) is 0. The predicted molar refractivity (Wildman–Crippen MR) is 117 cm³/mol. The van der Waals surface area contributed by atoms with Gasteiger partial charge in [0.25, 0.3) is 5.91 Å². The molecule has 29 heavy (non-hydrogen) atoms. The van der Waals surface area contributed by atoms with Gasteiger partial charge in [-0.3, -0.25) is 9.59 Å². The molecule has 0 aliphatic heterocycles. The zero-order chi connectivity index (χ0) is 20.4. The Morgan fingerprint density at radius 2 is 1.90 bits per heavy atom. The SMILES string of the molecule is CC(=O)c1ccc(C(=O)N(/N=C/c2ccco2)c2nc3ccc(Br)cc3s2)cc1. The summed E-state index contributed by atoms with van der Waals surface area (Å²) in [4.78, 5) is 29.2. The molecule has 0 fully saturated rings. The van der Waals surface area contributed by atoms with Crippen molar-refractivity contribution in [3.63, 3.8) is 0 Å². The molecule has 0 spiro atoms. The first kappa shape index (κ1) is 19.2. The molecule has 4 aromatic rings. The van der Waals surface area contributed by atoms with Crippen LogP contribution in [0, 0.1) is 0 Å². The summed E-state index contributed by atoms with van der Waals surface area (Å²) in [5.74, 6) is 0.0908. The molecule has 0 saturated carbocycles. The van der Waals surface area contributed by atoms with E-state index in [1.165, 1.54) is 35.7 Å². The van der Waals surface area contributed by atoms with Crippen molar-refractivity contribution in [1.29, 1.82) is 0 Å². The number of ketones is 1. The van der Waals surface area contributed by atoms with E-state index in [0.717, 1.165) is 14.7 Å². The van der Waals surface area contributed by atoms with Crippen LogP contribution in [0.1, 0.15) is 33.4 Å². The number of aromatic nitrogens is 1. The quantitative estimate of drug-likeness (QED) is 0.219. The number of benzene rings is 2. The molecule has 0 aliphatic carbocycles. The number of Topliss-reactive ketones (excluding diaryl/α,β-unsaturated/α-hetero) is 1. The number of carbonyl (C=O) groups is 2. The Labute approximate surface area is 178 Å². The maximum atomic E-state index is 13.2. The lowest BCUT2D eigenvalue weighted by molar-refractivity contribution is 0.0983. The molecule has 0 atom stereocenters. The highest BCUT2D eigenvalue weighted by Crippen LogP contribution is 2.32. The molecule has 1 amide bonds. The van der Waals surface area contributed by atoms with E-state index >= 15 is 0 Å². The normalized spacial score (nSPS) is 11.2. The van der Waals surface area contributed by atoms with Crippen molar-refractivity contribution in [1.82, 2.24) is 4.98 Å². The lowest BCUT2D eigenvalue weighted by atomic mass is 10.1. The number of furan rings is 1. The second kappa shape index (κ2) is 8.10. The maximum absolute atomic E-state index is 13.2. The van der Waals surface area contributed by atoms with Gasteiger partial charge >= 0.3 is 0 Å². The van der Waals surface area contributed by atoms with Crippen molar-refractivity contribution in [3.05, 3.63) is 82.2 Å². The molecule has 144 valence electrons. The van der Waals surface area contributed by atoms with E-state index in [9.17, 15) is 9.59 Å². The smallest absolute Gasteiger partial charge is 0.280 e. The van der Waals surface area contributed by atoms with E-state index in [2.05, 4.69) is 26.0 Å². The standard InChI is InChI=1S/C21H14BrN3O3S/c1-13(26)14-4-6-15(7-5-14)20(27)25(23-12-17-3-2-10-28-17)21-24-18-9-8-16(22)11-19(18)29-21/h2-12H,1H3/b23-12+. The summed E-state index contributed by atoms with van der Waals surface area (Å²) in [7, 11) is 0. The molecule has 0 bridgehead atoms. The summed E-state index contributed by atoms with van der Waals surface area (Å²) in [6.45, 7) is 1.48. The fraction of sp³-hybridized carbons (Fsp3) is 0.0476. The molecule has 0 radical (unpaired) electrons. The molecule has 6 nitrogen and oxygen atoms in total. The van der Waals surface area contributed by atoms with Crippen molar-refractivity contribution < 1.29 is 14.0 Å². The Hall–Kier alpha value is -3.10. The number of hydrogen-bond acceptors (Lipinski definition) is 6. The van der Waals surface area contributed by atoms with Gasteiger partial charge in [0.15, 0.2) is 5.78 Å². The minimum atomic E-state index is -0.360. The number of amides is 1. The molecule has 2 aromatic carbocycles. The van der Waals surface area contributed by atoms with Gasteiger partial charge in [-0.25, -0.2) is 4.98 Å². The number of anilines is 1. The highest BCUT2D eigenvalue weighted by molar-refractivity contribution is 9.10. The Morgan fingerprint density at radius 1 is 1.14 bits per heavy atom. The highest BCUT2D eigenvalue weighted by atomic mass is 79.9. The first-order chi connectivity index (χ1) is 14.0. The monoisotopic (exact) mass is 467 g/mol. The van der Waals surface area contributed by atoms with Gasteiger partial charge in [-0.1, -0.05) is 39.4 Å². The number of thiazole rings is 1. The van der Waals surface area contributed by atoms with E-state index in [1.54, 1.807) is 36.4 Å². The zero-order valence-corrected chi connectivity index (χ0v) is 17.6. The number of carbonyl (C=O) groups excluding carboxylic acids is 2. The minimum Gasteiger partial charge on any atom is -0.463 e. The number of fused-ring (bicyclic) bond motifs is 1. The van der Waals surface area contributed by atoms with Crippen LogP contribution in [0.3, 0.4) is 0 Å². The van der Waals surface area contributed by atoms with Crippen molar-refractivity contribution >= 4 is 60.5 Å². The maximum Gasteiger partial charge on any atom is 0.280 e. The fourth-order valence-electron chi connectivity index (χ4n) is 2.61. The molecular weight excluding hydrogens is 454 g/mol. The zero-order valence-electron chi connectivity index (χ0n) is 15.2. The van der Waals surface area contributed by atoms with E-state index in [0.29, 0.717) is 22.0 Å². The Balaban J connectivity index is 1.74. The second-order valence-electron chi connectivity index (χ2n) is 6.12. The van der Waals surface area contributed by atoms with Crippen LogP contribution in [0.4, 0.5) is 5.13 Å². The van der Waals surface area contributed by atoms with E-state index in [4.69, 9.17) is 4.42 Å². The van der Waals surface area contributed by atoms with Crippen LogP contribution in [-0.2, 0) is 0 Å². The van der Waals surface area contributed by atoms with Gasteiger partial charge in [-0.05, 0) is 49.4 Å². The predicted octanol–water partition coefficient (Wildman–Crippen LogP) is 5.54. The molecular formula is C21H14BrN3O3S. The number of nitrogens with zero attached hydrogens (tertiary/aromatic N) is 3. The topological polar surface area (TPSA) is 75.8 Å².